The molecule has 2 aromatic carbocycles. The Kier molecular flexibility index (Phi) is 8.31. The molecule has 2 aromatic rings. The number of nitrogens with zero attached hydrogens (tertiary/aromatic N) is 2. The number of anilines is 2. The maximum Gasteiger partial charge on any atom is 0.261 e. The van der Waals surface area contributed by atoms with E-state index in [0.29, 0.717) is 24.4 Å². The molecule has 0 radical (unpaired) electrons. The number of carbonyl (C=O) groups is 2. The molecule has 1 saturated heterocycles. The quantitative estimate of drug-likeness (QED) is 0.562. The molecule has 7 nitrogen and oxygen atoms in total. The van der Waals surface area contributed by atoms with Crippen LogP contribution in [0.2, 0.25) is 0 Å². The van der Waals surface area contributed by atoms with Crippen LogP contribution in [-0.2, 0) is 4.79 Å². The van der Waals surface area contributed by atoms with Gasteiger partial charge in [-0.05, 0) is 49.0 Å². The van der Waals surface area contributed by atoms with E-state index in [9.17, 15) is 9.59 Å². The summed E-state index contributed by atoms with van der Waals surface area (Å²) in [4.78, 5) is 29.3. The molecule has 2 N–H and O–H groups in total. The summed E-state index contributed by atoms with van der Waals surface area (Å²) in [5, 5.41) is 6.09. The molecule has 1 aliphatic heterocycles. The van der Waals surface area contributed by atoms with Crippen LogP contribution in [0.25, 0.3) is 0 Å². The highest BCUT2D eigenvalue weighted by atomic mass is 79.9. The number of carbonyl (C=O) groups excluding carboxylic acids is 2. The Morgan fingerprint density at radius 2 is 1.79 bits per heavy atom. The van der Waals surface area contributed by atoms with Crippen molar-refractivity contribution in [2.24, 2.45) is 5.92 Å². The molecule has 0 atom stereocenters. The highest BCUT2D eigenvalue weighted by Gasteiger charge is 2.24. The van der Waals surface area contributed by atoms with Gasteiger partial charge in [0.05, 0.1) is 24.0 Å². The Bertz CT molecular complexity index is 1050. The van der Waals surface area contributed by atoms with Gasteiger partial charge in [0.25, 0.3) is 5.91 Å². The lowest BCUT2D eigenvalue weighted by atomic mass is 10.1. The summed E-state index contributed by atoms with van der Waals surface area (Å²) in [5.74, 6) is 0.335. The van der Waals surface area contributed by atoms with Gasteiger partial charge in [0.1, 0.15) is 5.75 Å². The molecule has 3 rings (SSSR count). The van der Waals surface area contributed by atoms with Gasteiger partial charge >= 0.3 is 0 Å². The van der Waals surface area contributed by atoms with Crippen molar-refractivity contribution < 1.29 is 14.3 Å². The van der Waals surface area contributed by atoms with E-state index in [2.05, 4.69) is 31.5 Å². The van der Waals surface area contributed by atoms with Crippen LogP contribution in [0, 0.1) is 12.8 Å². The molecule has 0 unspecified atom stereocenters. The van der Waals surface area contributed by atoms with Gasteiger partial charge in [-0.3, -0.25) is 14.9 Å². The number of piperazine rings is 1. The van der Waals surface area contributed by atoms with Crippen molar-refractivity contribution in [1.82, 2.24) is 10.2 Å². The number of methoxy groups -OCH3 is 1. The zero-order valence-corrected chi connectivity index (χ0v) is 21.7. The maximum absolute atomic E-state index is 12.9. The van der Waals surface area contributed by atoms with E-state index in [4.69, 9.17) is 17.0 Å². The molecule has 1 heterocycles. The first-order valence-electron chi connectivity index (χ1n) is 10.8. The lowest BCUT2D eigenvalue weighted by molar-refractivity contribution is -0.134. The van der Waals surface area contributed by atoms with Gasteiger partial charge in [0, 0.05) is 36.6 Å². The first-order valence-corrected chi connectivity index (χ1v) is 12.0. The van der Waals surface area contributed by atoms with Gasteiger partial charge in [-0.2, -0.15) is 0 Å². The number of amides is 2. The van der Waals surface area contributed by atoms with E-state index in [0.717, 1.165) is 34.5 Å². The van der Waals surface area contributed by atoms with Crippen LogP contribution in [0.3, 0.4) is 0 Å². The van der Waals surface area contributed by atoms with Crippen molar-refractivity contribution in [3.8, 4) is 5.75 Å². The van der Waals surface area contributed by atoms with Gasteiger partial charge < -0.3 is 19.9 Å². The minimum absolute atomic E-state index is 0.000799. The molecule has 0 bridgehead atoms. The maximum atomic E-state index is 12.9. The summed E-state index contributed by atoms with van der Waals surface area (Å²) < 4.78 is 6.19. The Labute approximate surface area is 208 Å². The second kappa shape index (κ2) is 11.0. The Balaban J connectivity index is 1.69. The smallest absolute Gasteiger partial charge is 0.261 e. The van der Waals surface area contributed by atoms with Crippen LogP contribution in [0.4, 0.5) is 11.4 Å². The first-order chi connectivity index (χ1) is 15.7. The third-order valence-corrected chi connectivity index (χ3v) is 6.16. The number of halogens is 1. The van der Waals surface area contributed by atoms with Crippen molar-refractivity contribution in [2.45, 2.75) is 20.8 Å². The molecular formula is C24H29BrN4O3S. The minimum atomic E-state index is -0.355. The van der Waals surface area contributed by atoms with Crippen LogP contribution in [0.1, 0.15) is 29.8 Å². The van der Waals surface area contributed by atoms with Crippen molar-refractivity contribution >= 4 is 56.4 Å². The first kappa shape index (κ1) is 25.0. The normalized spacial score (nSPS) is 13.6. The summed E-state index contributed by atoms with van der Waals surface area (Å²) in [6.07, 6.45) is 0. The van der Waals surface area contributed by atoms with Gasteiger partial charge in [-0.1, -0.05) is 41.9 Å². The van der Waals surface area contributed by atoms with Gasteiger partial charge in [0.15, 0.2) is 5.11 Å². The van der Waals surface area contributed by atoms with Gasteiger partial charge in [-0.15, -0.1) is 0 Å². The van der Waals surface area contributed by atoms with Crippen LogP contribution in [0.15, 0.2) is 40.9 Å². The summed E-state index contributed by atoms with van der Waals surface area (Å²) >= 11 is 8.86. The molecule has 1 aliphatic rings. The summed E-state index contributed by atoms with van der Waals surface area (Å²) in [5.41, 5.74) is 3.01. The number of para-hydroxylation sites is 2. The van der Waals surface area contributed by atoms with E-state index in [1.54, 1.807) is 6.07 Å². The fraction of sp³-hybridized carbons (Fsp3) is 0.375. The monoisotopic (exact) mass is 532 g/mol. The van der Waals surface area contributed by atoms with E-state index in [-0.39, 0.29) is 22.8 Å². The Morgan fingerprint density at radius 1 is 1.12 bits per heavy atom. The lowest BCUT2D eigenvalue weighted by Gasteiger charge is -2.37. The molecular weight excluding hydrogens is 504 g/mol. The molecule has 0 spiro atoms. The number of nitrogens with one attached hydrogen (secondary N) is 2. The molecule has 0 aromatic heterocycles. The van der Waals surface area contributed by atoms with Crippen LogP contribution in [-0.4, -0.2) is 55.1 Å². The van der Waals surface area contributed by atoms with Gasteiger partial charge in [0.2, 0.25) is 5.91 Å². The number of aryl methyl sites for hydroxylation is 1. The van der Waals surface area contributed by atoms with Crippen molar-refractivity contribution in [2.75, 3.05) is 43.5 Å². The highest BCUT2D eigenvalue weighted by molar-refractivity contribution is 9.10. The highest BCUT2D eigenvalue weighted by Crippen LogP contribution is 2.29. The predicted octanol–water partition coefficient (Wildman–Crippen LogP) is 4.20. The number of thiocarbonyl (C=S) groups is 1. The zero-order chi connectivity index (χ0) is 24.1. The van der Waals surface area contributed by atoms with Crippen LogP contribution < -0.4 is 20.3 Å². The number of hydrogen-bond donors (Lipinski definition) is 2. The number of benzene rings is 2. The second-order valence-electron chi connectivity index (χ2n) is 8.20. The predicted molar refractivity (Wildman–Crippen MR) is 139 cm³/mol. The largest absolute Gasteiger partial charge is 0.496 e. The Hall–Kier alpha value is -2.65. The summed E-state index contributed by atoms with van der Waals surface area (Å²) in [6, 6.07) is 11.4. The standard InChI is InChI=1S/C24H29BrN4O3S/c1-15(2)23(31)29-11-9-28(10-12-29)20-8-6-5-7-19(20)26-24(33)27-22(30)18-14-17(25)13-16(3)21(18)32-4/h5-8,13-15H,9-12H2,1-4H3,(H2,26,27,30,33). The summed E-state index contributed by atoms with van der Waals surface area (Å²) in [6.45, 7) is 8.53. The average molecular weight is 533 g/mol. The van der Waals surface area contributed by atoms with Gasteiger partial charge in [-0.25, -0.2) is 0 Å². The fourth-order valence-electron chi connectivity index (χ4n) is 3.88. The number of rotatable bonds is 5. The van der Waals surface area contributed by atoms with E-state index < -0.39 is 0 Å². The van der Waals surface area contributed by atoms with Crippen LogP contribution >= 0.6 is 28.1 Å². The lowest BCUT2D eigenvalue weighted by Crippen LogP contribution is -2.50. The third-order valence-electron chi connectivity index (χ3n) is 5.49. The molecule has 0 aliphatic carbocycles. The zero-order valence-electron chi connectivity index (χ0n) is 19.3. The second-order valence-corrected chi connectivity index (χ2v) is 9.52. The van der Waals surface area contributed by atoms with Crippen molar-refractivity contribution in [1.29, 1.82) is 0 Å². The Morgan fingerprint density at radius 3 is 2.42 bits per heavy atom. The van der Waals surface area contributed by atoms with E-state index in [1.165, 1.54) is 7.11 Å². The average Bonchev–Trinajstić information content (AvgIpc) is 2.78. The van der Waals surface area contributed by atoms with Crippen LogP contribution in [0.5, 0.6) is 5.75 Å². The molecule has 1 fully saturated rings. The molecule has 0 saturated carbocycles. The molecule has 2 amide bonds. The molecule has 176 valence electrons. The fourth-order valence-corrected chi connectivity index (χ4v) is 4.66. The molecule has 33 heavy (non-hydrogen) atoms. The molecule has 9 heteroatoms. The van der Waals surface area contributed by atoms with Crippen molar-refractivity contribution in [3.63, 3.8) is 0 Å². The number of ether oxygens (including phenoxy) is 1. The SMILES string of the molecule is COc1c(C)cc(Br)cc1C(=O)NC(=S)Nc1ccccc1N1CCN(C(=O)C(C)C)CC1. The topological polar surface area (TPSA) is 73.9 Å². The summed E-state index contributed by atoms with van der Waals surface area (Å²) in [7, 11) is 1.54. The van der Waals surface area contributed by atoms with E-state index >= 15 is 0 Å². The van der Waals surface area contributed by atoms with E-state index in [1.807, 2.05) is 56.0 Å². The third kappa shape index (κ3) is 6.03. The number of hydrogen-bond acceptors (Lipinski definition) is 5. The van der Waals surface area contributed by atoms with Crippen molar-refractivity contribution in [3.05, 3.63) is 52.0 Å². The minimum Gasteiger partial charge on any atom is -0.496 e.